The van der Waals surface area contributed by atoms with Crippen molar-refractivity contribution in [1.29, 1.82) is 0 Å². The summed E-state index contributed by atoms with van der Waals surface area (Å²) in [5.74, 6) is 0.683. The second-order valence-corrected chi connectivity index (χ2v) is 8.90. The average molecular weight is 395 g/mol. The van der Waals surface area contributed by atoms with Crippen LogP contribution in [0.5, 0.6) is 0 Å². The Morgan fingerprint density at radius 3 is 1.54 bits per heavy atom. The van der Waals surface area contributed by atoms with Crippen molar-refractivity contribution in [2.24, 2.45) is 5.92 Å². The van der Waals surface area contributed by atoms with E-state index in [1.807, 2.05) is 0 Å². The molecule has 0 aromatic heterocycles. The highest BCUT2D eigenvalue weighted by molar-refractivity contribution is 5.86. The molecule has 0 spiro atoms. The van der Waals surface area contributed by atoms with E-state index in [1.54, 1.807) is 6.92 Å². The van der Waals surface area contributed by atoms with Crippen LogP contribution in [-0.2, 0) is 9.53 Å². The second kappa shape index (κ2) is 20.9. The summed E-state index contributed by atoms with van der Waals surface area (Å²) in [6, 6.07) is 0. The highest BCUT2D eigenvalue weighted by Crippen LogP contribution is 2.18. The van der Waals surface area contributed by atoms with Crippen LogP contribution in [0.25, 0.3) is 0 Å². The lowest BCUT2D eigenvalue weighted by Gasteiger charge is -2.11. The van der Waals surface area contributed by atoms with Gasteiger partial charge in [-0.3, -0.25) is 0 Å². The summed E-state index contributed by atoms with van der Waals surface area (Å²) in [4.78, 5) is 11.2. The SMILES string of the molecule is C=C(C)C(=O)OCCCCCCCCCCCCCC(C)CCCCCCC. The van der Waals surface area contributed by atoms with Crippen molar-refractivity contribution in [1.82, 2.24) is 0 Å². The Kier molecular flexibility index (Phi) is 20.3. The van der Waals surface area contributed by atoms with Gasteiger partial charge in [-0.15, -0.1) is 0 Å². The summed E-state index contributed by atoms with van der Waals surface area (Å²) >= 11 is 0. The fraction of sp³-hybridized carbons (Fsp3) is 0.885. The lowest BCUT2D eigenvalue weighted by molar-refractivity contribution is -0.139. The molecule has 0 aliphatic rings. The predicted octanol–water partition coefficient (Wildman–Crippen LogP) is 8.78. The van der Waals surface area contributed by atoms with Crippen LogP contribution in [0.4, 0.5) is 0 Å². The van der Waals surface area contributed by atoms with E-state index < -0.39 is 0 Å². The van der Waals surface area contributed by atoms with E-state index in [2.05, 4.69) is 20.4 Å². The third-order valence-corrected chi connectivity index (χ3v) is 5.72. The summed E-state index contributed by atoms with van der Waals surface area (Å²) < 4.78 is 5.10. The summed E-state index contributed by atoms with van der Waals surface area (Å²) in [6.45, 7) is 10.6. The molecule has 0 aliphatic heterocycles. The van der Waals surface area contributed by atoms with Gasteiger partial charge in [0.25, 0.3) is 0 Å². The van der Waals surface area contributed by atoms with E-state index >= 15 is 0 Å². The van der Waals surface area contributed by atoms with Crippen LogP contribution in [0.2, 0.25) is 0 Å². The topological polar surface area (TPSA) is 26.3 Å². The fourth-order valence-corrected chi connectivity index (χ4v) is 3.71. The van der Waals surface area contributed by atoms with Crippen molar-refractivity contribution in [2.75, 3.05) is 6.61 Å². The molecular formula is C26H50O2. The average Bonchev–Trinajstić information content (AvgIpc) is 2.67. The fourth-order valence-electron chi connectivity index (χ4n) is 3.71. The Bertz CT molecular complexity index is 361. The highest BCUT2D eigenvalue weighted by atomic mass is 16.5. The first-order valence-corrected chi connectivity index (χ1v) is 12.4. The normalized spacial score (nSPS) is 12.1. The molecule has 0 aromatic rings. The van der Waals surface area contributed by atoms with E-state index in [9.17, 15) is 4.79 Å². The minimum absolute atomic E-state index is 0.253. The Hall–Kier alpha value is -0.790. The van der Waals surface area contributed by atoms with Crippen LogP contribution in [0.15, 0.2) is 12.2 Å². The van der Waals surface area contributed by atoms with Gasteiger partial charge in [0.1, 0.15) is 0 Å². The molecule has 0 amide bonds. The van der Waals surface area contributed by atoms with Gasteiger partial charge in [0.05, 0.1) is 6.61 Å². The zero-order valence-electron chi connectivity index (χ0n) is 19.5. The van der Waals surface area contributed by atoms with E-state index in [-0.39, 0.29) is 5.97 Å². The Labute approximate surface area is 176 Å². The largest absolute Gasteiger partial charge is 0.462 e. The van der Waals surface area contributed by atoms with Gasteiger partial charge in [-0.1, -0.05) is 130 Å². The third-order valence-electron chi connectivity index (χ3n) is 5.72. The van der Waals surface area contributed by atoms with Crippen LogP contribution in [0.1, 0.15) is 136 Å². The molecule has 1 atom stereocenters. The Morgan fingerprint density at radius 1 is 0.714 bits per heavy atom. The molecule has 2 nitrogen and oxygen atoms in total. The zero-order valence-corrected chi connectivity index (χ0v) is 19.5. The van der Waals surface area contributed by atoms with E-state index in [0.29, 0.717) is 12.2 Å². The van der Waals surface area contributed by atoms with Crippen molar-refractivity contribution < 1.29 is 9.53 Å². The number of ether oxygens (including phenoxy) is 1. The molecule has 0 aliphatic carbocycles. The zero-order chi connectivity index (χ0) is 20.9. The number of hydrogen-bond donors (Lipinski definition) is 0. The molecule has 0 saturated carbocycles. The molecule has 0 radical (unpaired) electrons. The maximum absolute atomic E-state index is 11.2. The van der Waals surface area contributed by atoms with Gasteiger partial charge in [0, 0.05) is 5.57 Å². The van der Waals surface area contributed by atoms with E-state index in [0.717, 1.165) is 12.3 Å². The molecule has 0 heterocycles. The molecule has 0 bridgehead atoms. The van der Waals surface area contributed by atoms with Gasteiger partial charge in [-0.05, 0) is 19.3 Å². The third kappa shape index (κ3) is 20.0. The molecular weight excluding hydrogens is 344 g/mol. The summed E-state index contributed by atoms with van der Waals surface area (Å²) in [5.41, 5.74) is 0.493. The maximum atomic E-state index is 11.2. The van der Waals surface area contributed by atoms with E-state index in [1.165, 1.54) is 109 Å². The molecule has 2 heteroatoms. The number of carbonyl (C=O) groups excluding carboxylic acids is 1. The van der Waals surface area contributed by atoms with Gasteiger partial charge in [0.2, 0.25) is 0 Å². The van der Waals surface area contributed by atoms with Gasteiger partial charge in [0.15, 0.2) is 0 Å². The summed E-state index contributed by atoms with van der Waals surface area (Å²) in [5, 5.41) is 0. The van der Waals surface area contributed by atoms with Crippen molar-refractivity contribution in [3.63, 3.8) is 0 Å². The van der Waals surface area contributed by atoms with Crippen LogP contribution in [0, 0.1) is 5.92 Å². The molecule has 1 unspecified atom stereocenters. The van der Waals surface area contributed by atoms with Gasteiger partial charge in [-0.2, -0.15) is 0 Å². The molecule has 28 heavy (non-hydrogen) atoms. The van der Waals surface area contributed by atoms with Crippen LogP contribution in [-0.4, -0.2) is 12.6 Å². The first-order chi connectivity index (χ1) is 13.6. The summed E-state index contributed by atoms with van der Waals surface area (Å²) in [6.07, 6.45) is 24.6. The standard InChI is InChI=1S/C26H50O2/c1-5-6-7-15-18-21-25(4)22-19-16-13-11-9-8-10-12-14-17-20-23-28-26(27)24(2)3/h25H,2,5-23H2,1,3-4H3. The molecule has 0 saturated heterocycles. The van der Waals surface area contributed by atoms with Gasteiger partial charge < -0.3 is 4.74 Å². The highest BCUT2D eigenvalue weighted by Gasteiger charge is 2.03. The number of hydrogen-bond acceptors (Lipinski definition) is 2. The van der Waals surface area contributed by atoms with Crippen LogP contribution < -0.4 is 0 Å². The van der Waals surface area contributed by atoms with E-state index in [4.69, 9.17) is 4.74 Å². The lowest BCUT2D eigenvalue weighted by atomic mass is 9.96. The molecule has 166 valence electrons. The number of carbonyl (C=O) groups is 1. The minimum Gasteiger partial charge on any atom is -0.462 e. The number of unbranched alkanes of at least 4 members (excludes halogenated alkanes) is 14. The maximum Gasteiger partial charge on any atom is 0.333 e. The number of esters is 1. The van der Waals surface area contributed by atoms with Crippen molar-refractivity contribution >= 4 is 5.97 Å². The Balaban J connectivity index is 3.17. The second-order valence-electron chi connectivity index (χ2n) is 8.90. The first-order valence-electron chi connectivity index (χ1n) is 12.4. The first kappa shape index (κ1) is 27.2. The molecule has 0 rings (SSSR count). The van der Waals surface area contributed by atoms with Crippen molar-refractivity contribution in [3.8, 4) is 0 Å². The quantitative estimate of drug-likeness (QED) is 0.110. The minimum atomic E-state index is -0.253. The van der Waals surface area contributed by atoms with Crippen LogP contribution in [0.3, 0.4) is 0 Å². The van der Waals surface area contributed by atoms with Crippen LogP contribution >= 0.6 is 0 Å². The van der Waals surface area contributed by atoms with Crippen molar-refractivity contribution in [3.05, 3.63) is 12.2 Å². The van der Waals surface area contributed by atoms with Crippen molar-refractivity contribution in [2.45, 2.75) is 136 Å². The monoisotopic (exact) mass is 394 g/mol. The predicted molar refractivity (Wildman–Crippen MR) is 124 cm³/mol. The Morgan fingerprint density at radius 2 is 1.11 bits per heavy atom. The molecule has 0 N–H and O–H groups in total. The number of rotatable bonds is 21. The molecule has 0 fully saturated rings. The summed E-state index contributed by atoms with van der Waals surface area (Å²) in [7, 11) is 0. The van der Waals surface area contributed by atoms with Gasteiger partial charge >= 0.3 is 5.97 Å². The van der Waals surface area contributed by atoms with Gasteiger partial charge in [-0.25, -0.2) is 4.79 Å². The lowest BCUT2D eigenvalue weighted by Crippen LogP contribution is -2.05. The molecule has 0 aromatic carbocycles. The smallest absolute Gasteiger partial charge is 0.333 e.